The lowest BCUT2D eigenvalue weighted by molar-refractivity contribution is 0.640. The van der Waals surface area contributed by atoms with Gasteiger partial charge >= 0.3 is 0 Å². The molecular formula is C21H22FN6P. The second kappa shape index (κ2) is 8.80. The van der Waals surface area contributed by atoms with Crippen LogP contribution in [0.3, 0.4) is 0 Å². The fraction of sp³-hybridized carbons (Fsp3) is 0.0952. The van der Waals surface area contributed by atoms with Crippen LogP contribution >= 0.6 is 9.24 Å². The number of fused-ring (bicyclic) bond motifs is 1. The summed E-state index contributed by atoms with van der Waals surface area (Å²) >= 11 is 0. The van der Waals surface area contributed by atoms with Gasteiger partial charge in [0.25, 0.3) is 0 Å². The fourth-order valence-electron chi connectivity index (χ4n) is 2.52. The zero-order valence-electron chi connectivity index (χ0n) is 16.3. The summed E-state index contributed by atoms with van der Waals surface area (Å²) in [6.45, 7) is 11.1. The van der Waals surface area contributed by atoms with E-state index in [0.717, 1.165) is 22.2 Å². The zero-order valence-corrected chi connectivity index (χ0v) is 17.4. The Morgan fingerprint density at radius 1 is 1.31 bits per heavy atom. The lowest BCUT2D eigenvalue weighted by Crippen LogP contribution is -2.10. The van der Waals surface area contributed by atoms with Gasteiger partial charge in [-0.25, -0.2) is 18.9 Å². The van der Waals surface area contributed by atoms with Crippen molar-refractivity contribution in [1.29, 1.82) is 0 Å². The predicted molar refractivity (Wildman–Crippen MR) is 121 cm³/mol. The second-order valence-corrected chi connectivity index (χ2v) is 7.07. The molecule has 148 valence electrons. The standard InChI is InChI=1S/C21H22FN6P/c1-13(2)24-19-11-16(18(29)12-23-19)25-21-17-9-6-10-28(17)27-20(26-21)14(3)7-5-8-15(4)22/h5-12H,1,3,29H2,2,4H3,(H2,23,24,25,26,27)/b7-5-,15-8+. The lowest BCUT2D eigenvalue weighted by Gasteiger charge is -2.13. The van der Waals surface area contributed by atoms with Crippen molar-refractivity contribution in [3.8, 4) is 0 Å². The molecule has 0 aliphatic carbocycles. The number of aromatic nitrogens is 4. The van der Waals surface area contributed by atoms with E-state index < -0.39 is 0 Å². The number of nitrogens with one attached hydrogen (secondary N) is 2. The highest BCUT2D eigenvalue weighted by molar-refractivity contribution is 7.28. The highest BCUT2D eigenvalue weighted by Crippen LogP contribution is 2.23. The van der Waals surface area contributed by atoms with Crippen molar-refractivity contribution in [3.05, 3.63) is 79.3 Å². The molecule has 3 aromatic heterocycles. The SMILES string of the molecule is C=C(C)Nc1cc(Nc2nc(C(=C)/C=C\C=C(/C)F)nn3cccc23)c(P)cn1. The molecule has 0 spiro atoms. The van der Waals surface area contributed by atoms with Crippen LogP contribution in [0.2, 0.25) is 0 Å². The van der Waals surface area contributed by atoms with E-state index in [4.69, 9.17) is 0 Å². The lowest BCUT2D eigenvalue weighted by atomic mass is 10.2. The van der Waals surface area contributed by atoms with Crippen molar-refractivity contribution in [3.63, 3.8) is 0 Å². The number of hydrogen-bond acceptors (Lipinski definition) is 5. The summed E-state index contributed by atoms with van der Waals surface area (Å²) in [7, 11) is 2.65. The average Bonchev–Trinajstić information content (AvgIpc) is 3.12. The third-order valence-electron chi connectivity index (χ3n) is 3.83. The topological polar surface area (TPSA) is 67.1 Å². The molecule has 0 radical (unpaired) electrons. The van der Waals surface area contributed by atoms with Crippen LogP contribution in [-0.4, -0.2) is 19.6 Å². The molecule has 3 aromatic rings. The van der Waals surface area contributed by atoms with Gasteiger partial charge in [-0.15, -0.1) is 14.3 Å². The van der Waals surface area contributed by atoms with E-state index in [-0.39, 0.29) is 5.83 Å². The minimum atomic E-state index is -0.289. The maximum atomic E-state index is 12.9. The molecule has 0 saturated carbocycles. The Bertz CT molecular complexity index is 1140. The minimum absolute atomic E-state index is 0.289. The van der Waals surface area contributed by atoms with Crippen molar-refractivity contribution in [2.75, 3.05) is 10.6 Å². The molecule has 0 bridgehead atoms. The van der Waals surface area contributed by atoms with Gasteiger partial charge in [-0.1, -0.05) is 25.3 Å². The van der Waals surface area contributed by atoms with Gasteiger partial charge in [0.15, 0.2) is 11.6 Å². The van der Waals surface area contributed by atoms with Crippen LogP contribution in [0.25, 0.3) is 11.1 Å². The Hall–Kier alpha value is -3.31. The Balaban J connectivity index is 1.98. The van der Waals surface area contributed by atoms with E-state index in [1.54, 1.807) is 22.9 Å². The Kier molecular flexibility index (Phi) is 6.20. The number of pyridine rings is 1. The molecule has 0 aliphatic heterocycles. The smallest absolute Gasteiger partial charge is 0.181 e. The highest BCUT2D eigenvalue weighted by Gasteiger charge is 2.11. The molecule has 0 aromatic carbocycles. The number of hydrogen-bond donors (Lipinski definition) is 2. The second-order valence-electron chi connectivity index (χ2n) is 6.45. The third-order valence-corrected chi connectivity index (χ3v) is 4.29. The Morgan fingerprint density at radius 2 is 2.10 bits per heavy atom. The van der Waals surface area contributed by atoms with Crippen LogP contribution in [0, 0.1) is 0 Å². The number of anilines is 3. The monoisotopic (exact) mass is 408 g/mol. The van der Waals surface area contributed by atoms with Crippen LogP contribution in [0.1, 0.15) is 19.7 Å². The molecule has 0 amide bonds. The van der Waals surface area contributed by atoms with Gasteiger partial charge in [0.1, 0.15) is 11.3 Å². The molecule has 1 unspecified atom stereocenters. The van der Waals surface area contributed by atoms with Gasteiger partial charge in [-0.3, -0.25) is 0 Å². The number of nitrogens with zero attached hydrogens (tertiary/aromatic N) is 4. The van der Waals surface area contributed by atoms with E-state index in [9.17, 15) is 4.39 Å². The van der Waals surface area contributed by atoms with Crippen LogP contribution < -0.4 is 15.9 Å². The van der Waals surface area contributed by atoms with Crippen molar-refractivity contribution in [2.45, 2.75) is 13.8 Å². The largest absolute Gasteiger partial charge is 0.345 e. The summed E-state index contributed by atoms with van der Waals surface area (Å²) in [5, 5.41) is 11.8. The van der Waals surface area contributed by atoms with Gasteiger partial charge in [-0.2, -0.15) is 0 Å². The zero-order chi connectivity index (χ0) is 21.0. The van der Waals surface area contributed by atoms with Crippen LogP contribution in [0.15, 0.2) is 73.5 Å². The molecule has 3 rings (SSSR count). The van der Waals surface area contributed by atoms with E-state index >= 15 is 0 Å². The van der Waals surface area contributed by atoms with Gasteiger partial charge in [-0.05, 0) is 32.1 Å². The number of halogens is 1. The summed E-state index contributed by atoms with van der Waals surface area (Å²) < 4.78 is 14.6. The first kappa shape index (κ1) is 20.4. The first-order chi connectivity index (χ1) is 13.8. The minimum Gasteiger partial charge on any atom is -0.345 e. The molecule has 3 heterocycles. The molecule has 0 saturated heterocycles. The molecule has 0 fully saturated rings. The summed E-state index contributed by atoms with van der Waals surface area (Å²) in [6, 6.07) is 5.67. The summed E-state index contributed by atoms with van der Waals surface area (Å²) in [4.78, 5) is 8.96. The summed E-state index contributed by atoms with van der Waals surface area (Å²) in [5.41, 5.74) is 2.98. The highest BCUT2D eigenvalue weighted by atomic mass is 31.0. The average molecular weight is 408 g/mol. The van der Waals surface area contributed by atoms with Gasteiger partial charge in [0, 0.05) is 35.0 Å². The summed E-state index contributed by atoms with van der Waals surface area (Å²) in [6.07, 6.45) is 8.17. The van der Waals surface area contributed by atoms with Crippen molar-refractivity contribution in [1.82, 2.24) is 19.6 Å². The Labute approximate surface area is 171 Å². The third kappa shape index (κ3) is 5.15. The quantitative estimate of drug-likeness (QED) is 0.436. The molecule has 1 atom stereocenters. The van der Waals surface area contributed by atoms with Crippen molar-refractivity contribution >= 4 is 43.0 Å². The molecule has 6 nitrogen and oxygen atoms in total. The molecule has 8 heteroatoms. The van der Waals surface area contributed by atoms with Gasteiger partial charge in [0.05, 0.1) is 11.5 Å². The van der Waals surface area contributed by atoms with Crippen LogP contribution in [-0.2, 0) is 0 Å². The summed E-state index contributed by atoms with van der Waals surface area (Å²) in [5.74, 6) is 1.43. The van der Waals surface area contributed by atoms with Crippen LogP contribution in [0.5, 0.6) is 0 Å². The maximum absolute atomic E-state index is 12.9. The van der Waals surface area contributed by atoms with Gasteiger partial charge < -0.3 is 10.6 Å². The molecule has 2 N–H and O–H groups in total. The van der Waals surface area contributed by atoms with E-state index in [1.807, 2.05) is 31.3 Å². The first-order valence-electron chi connectivity index (χ1n) is 8.83. The molecular weight excluding hydrogens is 386 g/mol. The first-order valence-corrected chi connectivity index (χ1v) is 9.41. The van der Waals surface area contributed by atoms with Crippen LogP contribution in [0.4, 0.5) is 21.7 Å². The van der Waals surface area contributed by atoms with E-state index in [1.165, 1.54) is 13.0 Å². The maximum Gasteiger partial charge on any atom is 0.181 e. The predicted octanol–water partition coefficient (Wildman–Crippen LogP) is 4.76. The molecule has 0 aliphatic rings. The van der Waals surface area contributed by atoms with E-state index in [0.29, 0.717) is 23.0 Å². The van der Waals surface area contributed by atoms with Crippen molar-refractivity contribution < 1.29 is 4.39 Å². The normalized spacial score (nSPS) is 11.8. The fourth-order valence-corrected chi connectivity index (χ4v) is 2.75. The molecule has 29 heavy (non-hydrogen) atoms. The van der Waals surface area contributed by atoms with E-state index in [2.05, 4.69) is 48.1 Å². The van der Waals surface area contributed by atoms with Crippen molar-refractivity contribution in [2.24, 2.45) is 0 Å². The Morgan fingerprint density at radius 3 is 2.83 bits per heavy atom. The number of allylic oxidation sites excluding steroid dienone is 6. The van der Waals surface area contributed by atoms with Gasteiger partial charge in [0.2, 0.25) is 0 Å². The number of rotatable bonds is 7.